The minimum atomic E-state index is -0.481. The van der Waals surface area contributed by atoms with E-state index in [-0.39, 0.29) is 30.8 Å². The zero-order valence-corrected chi connectivity index (χ0v) is 21.4. The number of esters is 1. The fourth-order valence-corrected chi connectivity index (χ4v) is 3.19. The van der Waals surface area contributed by atoms with Gasteiger partial charge in [0.25, 0.3) is 0 Å². The fourth-order valence-electron chi connectivity index (χ4n) is 3.19. The topological polar surface area (TPSA) is 75.0 Å². The Morgan fingerprint density at radius 3 is 1.97 bits per heavy atom. The standard InChI is InChI=1S/C22H38N2O5.2ClH/c1-8-24(9-2)12-11-23-20(22(25)29-13-10-16(3)4)17-14-18(26-5)21(28-7)19(15-17)27-6;;/h14-16,20,23H,8-13H2,1-7H3;2*1H. The Bertz CT molecular complexity index is 603. The predicted octanol–water partition coefficient (Wildman–Crippen LogP) is -5.16. The molecule has 0 saturated heterocycles. The molecule has 0 spiro atoms. The van der Waals surface area contributed by atoms with Gasteiger partial charge in [-0.05, 0) is 38.3 Å². The van der Waals surface area contributed by atoms with Crippen LogP contribution in [0.4, 0.5) is 0 Å². The number of methoxy groups -OCH3 is 3. The number of ether oxygens (including phenoxy) is 4. The first-order valence-corrected chi connectivity index (χ1v) is 10.5. The van der Waals surface area contributed by atoms with E-state index in [0.29, 0.717) is 29.8 Å². The highest BCUT2D eigenvalue weighted by Gasteiger charge is 2.29. The molecule has 0 bridgehead atoms. The largest absolute Gasteiger partial charge is 1.00 e. The van der Waals surface area contributed by atoms with Gasteiger partial charge in [-0.2, -0.15) is 0 Å². The quantitative estimate of drug-likeness (QED) is 0.259. The SMILES string of the molecule is CC[NH+](CC)CC[NH2+]C(C(=O)OCCC(C)C)c1cc(OC)c(OC)c(OC)c1.[Cl-].[Cl-]. The van der Waals surface area contributed by atoms with E-state index in [9.17, 15) is 4.79 Å². The number of carbonyl (C=O) groups excluding carboxylic acids is 1. The van der Waals surface area contributed by atoms with Gasteiger partial charge in [0.15, 0.2) is 11.5 Å². The molecular weight excluding hydrogens is 443 g/mol. The maximum absolute atomic E-state index is 12.9. The molecule has 0 fully saturated rings. The molecule has 3 N–H and O–H groups in total. The molecule has 1 aromatic rings. The number of quaternary nitrogens is 2. The van der Waals surface area contributed by atoms with E-state index in [0.717, 1.165) is 38.2 Å². The third-order valence-corrected chi connectivity index (χ3v) is 5.14. The number of halogens is 2. The van der Waals surface area contributed by atoms with Crippen LogP contribution in [0.25, 0.3) is 0 Å². The summed E-state index contributed by atoms with van der Waals surface area (Å²) in [5.41, 5.74) is 0.781. The summed E-state index contributed by atoms with van der Waals surface area (Å²) in [4.78, 5) is 14.4. The average molecular weight is 483 g/mol. The third kappa shape index (κ3) is 10.2. The number of nitrogens with one attached hydrogen (secondary N) is 1. The lowest BCUT2D eigenvalue weighted by Crippen LogP contribution is -3.14. The Balaban J connectivity index is 0. The van der Waals surface area contributed by atoms with Gasteiger partial charge in [0.2, 0.25) is 11.8 Å². The summed E-state index contributed by atoms with van der Waals surface area (Å²) in [6, 6.07) is 3.18. The van der Waals surface area contributed by atoms with E-state index < -0.39 is 6.04 Å². The predicted molar refractivity (Wildman–Crippen MR) is 113 cm³/mol. The zero-order chi connectivity index (χ0) is 21.8. The Morgan fingerprint density at radius 2 is 1.55 bits per heavy atom. The van der Waals surface area contributed by atoms with Crippen molar-refractivity contribution in [2.75, 3.05) is 54.1 Å². The van der Waals surface area contributed by atoms with Crippen molar-refractivity contribution < 1.29 is 58.8 Å². The highest BCUT2D eigenvalue weighted by Crippen LogP contribution is 2.39. The van der Waals surface area contributed by atoms with Crippen LogP contribution in [0.3, 0.4) is 0 Å². The van der Waals surface area contributed by atoms with Crippen molar-refractivity contribution in [2.24, 2.45) is 5.92 Å². The molecule has 1 rings (SSSR count). The molecule has 1 atom stereocenters. The lowest BCUT2D eigenvalue weighted by atomic mass is 10.0. The van der Waals surface area contributed by atoms with Crippen LogP contribution in [0, 0.1) is 5.92 Å². The fraction of sp³-hybridized carbons (Fsp3) is 0.682. The van der Waals surface area contributed by atoms with Crippen molar-refractivity contribution in [3.8, 4) is 17.2 Å². The van der Waals surface area contributed by atoms with Crippen LogP contribution < -0.4 is 49.2 Å². The molecule has 7 nitrogen and oxygen atoms in total. The van der Waals surface area contributed by atoms with Crippen LogP contribution in [0.1, 0.15) is 45.7 Å². The van der Waals surface area contributed by atoms with Gasteiger partial charge in [-0.3, -0.25) is 0 Å². The highest BCUT2D eigenvalue weighted by atomic mass is 35.5. The van der Waals surface area contributed by atoms with Crippen molar-refractivity contribution in [1.82, 2.24) is 0 Å². The molecule has 0 aliphatic carbocycles. The van der Waals surface area contributed by atoms with Crippen molar-refractivity contribution in [3.63, 3.8) is 0 Å². The minimum Gasteiger partial charge on any atom is -1.00 e. The summed E-state index contributed by atoms with van der Waals surface area (Å²) in [5.74, 6) is 1.82. The highest BCUT2D eigenvalue weighted by molar-refractivity contribution is 5.77. The summed E-state index contributed by atoms with van der Waals surface area (Å²) < 4.78 is 21.9. The first-order chi connectivity index (χ1) is 13.9. The number of rotatable bonds is 14. The molecule has 0 aliphatic rings. The maximum Gasteiger partial charge on any atom is 0.369 e. The number of hydrogen-bond acceptors (Lipinski definition) is 5. The van der Waals surface area contributed by atoms with Gasteiger partial charge in [0, 0.05) is 5.56 Å². The number of likely N-dealkylation sites (N-methyl/N-ethyl adjacent to an activating group) is 1. The second-order valence-corrected chi connectivity index (χ2v) is 7.52. The second kappa shape index (κ2) is 17.2. The van der Waals surface area contributed by atoms with E-state index in [2.05, 4.69) is 27.7 Å². The van der Waals surface area contributed by atoms with E-state index >= 15 is 0 Å². The van der Waals surface area contributed by atoms with Gasteiger partial charge in [0.05, 0.1) is 41.0 Å². The van der Waals surface area contributed by atoms with Crippen molar-refractivity contribution in [2.45, 2.75) is 40.2 Å². The number of benzene rings is 1. The molecule has 0 saturated carbocycles. The van der Waals surface area contributed by atoms with Crippen molar-refractivity contribution in [3.05, 3.63) is 17.7 Å². The summed E-state index contributed by atoms with van der Waals surface area (Å²) in [7, 11) is 4.71. The lowest BCUT2D eigenvalue weighted by Gasteiger charge is -2.20. The van der Waals surface area contributed by atoms with E-state index in [4.69, 9.17) is 18.9 Å². The van der Waals surface area contributed by atoms with Crippen LogP contribution in [0.2, 0.25) is 0 Å². The van der Waals surface area contributed by atoms with Crippen LogP contribution in [0.5, 0.6) is 17.2 Å². The summed E-state index contributed by atoms with van der Waals surface area (Å²) in [6.07, 6.45) is 0.845. The van der Waals surface area contributed by atoms with E-state index in [1.54, 1.807) is 21.3 Å². The summed E-state index contributed by atoms with van der Waals surface area (Å²) >= 11 is 0. The molecule has 0 amide bonds. The zero-order valence-electron chi connectivity index (χ0n) is 19.9. The third-order valence-electron chi connectivity index (χ3n) is 5.14. The Morgan fingerprint density at radius 1 is 1.00 bits per heavy atom. The van der Waals surface area contributed by atoms with Crippen molar-refractivity contribution in [1.29, 1.82) is 0 Å². The molecule has 1 unspecified atom stereocenters. The Kier molecular flexibility index (Phi) is 17.6. The van der Waals surface area contributed by atoms with Gasteiger partial charge in [-0.25, -0.2) is 4.79 Å². The number of hydrogen-bond donors (Lipinski definition) is 2. The first-order valence-electron chi connectivity index (χ1n) is 10.5. The van der Waals surface area contributed by atoms with Gasteiger partial charge in [-0.15, -0.1) is 0 Å². The number of nitrogens with two attached hydrogens (primary N) is 1. The van der Waals surface area contributed by atoms with Crippen LogP contribution in [-0.4, -0.2) is 60.1 Å². The molecule has 1 aromatic carbocycles. The Labute approximate surface area is 200 Å². The average Bonchev–Trinajstić information content (AvgIpc) is 2.72. The molecule has 9 heteroatoms. The maximum atomic E-state index is 12.9. The molecule has 0 aliphatic heterocycles. The van der Waals surface area contributed by atoms with Crippen LogP contribution >= 0.6 is 0 Å². The van der Waals surface area contributed by atoms with Gasteiger partial charge < -0.3 is 54.0 Å². The summed E-state index contributed by atoms with van der Waals surface area (Å²) in [5, 5.41) is 2.05. The van der Waals surface area contributed by atoms with Crippen LogP contribution in [0.15, 0.2) is 12.1 Å². The molecule has 0 heterocycles. The van der Waals surface area contributed by atoms with Crippen LogP contribution in [-0.2, 0) is 9.53 Å². The molecule has 0 aromatic heterocycles. The van der Waals surface area contributed by atoms with Gasteiger partial charge >= 0.3 is 5.97 Å². The monoisotopic (exact) mass is 482 g/mol. The molecule has 0 radical (unpaired) electrons. The normalized spacial score (nSPS) is 11.4. The number of carbonyl (C=O) groups is 1. The smallest absolute Gasteiger partial charge is 0.369 e. The second-order valence-electron chi connectivity index (χ2n) is 7.52. The van der Waals surface area contributed by atoms with Gasteiger partial charge in [0.1, 0.15) is 13.1 Å². The van der Waals surface area contributed by atoms with Gasteiger partial charge in [-0.1, -0.05) is 13.8 Å². The summed E-state index contributed by atoms with van der Waals surface area (Å²) in [6.45, 7) is 12.9. The van der Waals surface area contributed by atoms with E-state index in [1.807, 2.05) is 17.4 Å². The van der Waals surface area contributed by atoms with E-state index in [1.165, 1.54) is 4.90 Å². The Hall–Kier alpha value is -1.41. The molecule has 31 heavy (non-hydrogen) atoms. The minimum absolute atomic E-state index is 0. The molecular formula is C22H40Cl2N2O5. The lowest BCUT2D eigenvalue weighted by molar-refractivity contribution is -0.910. The first kappa shape index (κ1) is 31.8. The molecule has 182 valence electrons. The van der Waals surface area contributed by atoms with Crippen molar-refractivity contribution >= 4 is 5.97 Å².